The summed E-state index contributed by atoms with van der Waals surface area (Å²) in [6.07, 6.45) is 0.221. The maximum Gasteiger partial charge on any atom is 0.209 e. The number of rotatable bonds is 2. The summed E-state index contributed by atoms with van der Waals surface area (Å²) in [5.74, 6) is 0.481. The summed E-state index contributed by atoms with van der Waals surface area (Å²) in [5.41, 5.74) is 2.70. The quantitative estimate of drug-likeness (QED) is 0.771. The van der Waals surface area contributed by atoms with Crippen molar-refractivity contribution in [3.63, 3.8) is 0 Å². The lowest BCUT2D eigenvalue weighted by atomic mass is 10.2. The molecule has 0 bridgehead atoms. The van der Waals surface area contributed by atoms with Gasteiger partial charge >= 0.3 is 0 Å². The molecule has 0 spiro atoms. The second-order valence-electron chi connectivity index (χ2n) is 2.88. The standard InChI is InChI=1S/C10H7BrN2O/c11-6-7-1-2-9-8(5-7)13-10(14-9)3-4-12/h1-2,5H,3,6H2. The molecule has 2 rings (SSSR count). The van der Waals surface area contributed by atoms with Crippen LogP contribution in [0.5, 0.6) is 0 Å². The van der Waals surface area contributed by atoms with Crippen LogP contribution in [-0.2, 0) is 11.8 Å². The Balaban J connectivity index is 2.50. The molecule has 0 unspecified atom stereocenters. The van der Waals surface area contributed by atoms with Crippen molar-refractivity contribution >= 4 is 27.0 Å². The summed E-state index contributed by atoms with van der Waals surface area (Å²) in [6.45, 7) is 0. The number of halogens is 1. The Morgan fingerprint density at radius 2 is 2.36 bits per heavy atom. The molecule has 2 aromatic rings. The fourth-order valence-electron chi connectivity index (χ4n) is 1.25. The van der Waals surface area contributed by atoms with E-state index in [2.05, 4.69) is 20.9 Å². The molecule has 0 aliphatic carbocycles. The summed E-state index contributed by atoms with van der Waals surface area (Å²) in [6, 6.07) is 7.81. The average Bonchev–Trinajstić information content (AvgIpc) is 2.59. The molecule has 0 N–H and O–H groups in total. The Morgan fingerprint density at radius 3 is 3.07 bits per heavy atom. The molecule has 0 saturated carbocycles. The van der Waals surface area contributed by atoms with Crippen LogP contribution < -0.4 is 0 Å². The van der Waals surface area contributed by atoms with E-state index in [9.17, 15) is 0 Å². The molecule has 3 nitrogen and oxygen atoms in total. The highest BCUT2D eigenvalue weighted by Crippen LogP contribution is 2.18. The van der Waals surface area contributed by atoms with Crippen LogP contribution >= 0.6 is 15.9 Å². The summed E-state index contributed by atoms with van der Waals surface area (Å²) >= 11 is 3.37. The van der Waals surface area contributed by atoms with Gasteiger partial charge in [0.1, 0.15) is 11.9 Å². The van der Waals surface area contributed by atoms with Crippen molar-refractivity contribution < 1.29 is 4.42 Å². The summed E-state index contributed by atoms with van der Waals surface area (Å²) in [5, 5.41) is 9.28. The number of nitriles is 1. The SMILES string of the molecule is N#CCc1nc2cc(CBr)ccc2o1. The van der Waals surface area contributed by atoms with Crippen LogP contribution in [0, 0.1) is 11.3 Å². The Bertz CT molecular complexity index is 498. The molecule has 0 atom stereocenters. The van der Waals surface area contributed by atoms with Gasteiger partial charge in [0.2, 0.25) is 5.89 Å². The Kier molecular flexibility index (Phi) is 2.51. The van der Waals surface area contributed by atoms with E-state index >= 15 is 0 Å². The van der Waals surface area contributed by atoms with Crippen molar-refractivity contribution in [1.29, 1.82) is 5.26 Å². The monoisotopic (exact) mass is 250 g/mol. The number of oxazole rings is 1. The van der Waals surface area contributed by atoms with E-state index in [-0.39, 0.29) is 6.42 Å². The third kappa shape index (κ3) is 1.64. The summed E-state index contributed by atoms with van der Waals surface area (Å²) < 4.78 is 5.36. The van der Waals surface area contributed by atoms with Crippen molar-refractivity contribution in [3.05, 3.63) is 29.7 Å². The van der Waals surface area contributed by atoms with Crippen LogP contribution in [0.15, 0.2) is 22.6 Å². The fraction of sp³-hybridized carbons (Fsp3) is 0.200. The van der Waals surface area contributed by atoms with Crippen LogP contribution in [0.1, 0.15) is 11.5 Å². The van der Waals surface area contributed by atoms with Crippen molar-refractivity contribution in [3.8, 4) is 6.07 Å². The molecular weight excluding hydrogens is 244 g/mol. The second kappa shape index (κ2) is 3.81. The molecule has 1 heterocycles. The summed E-state index contributed by atoms with van der Waals surface area (Å²) in [4.78, 5) is 4.20. The Hall–Kier alpha value is -1.34. The molecule has 14 heavy (non-hydrogen) atoms. The zero-order chi connectivity index (χ0) is 9.97. The van der Waals surface area contributed by atoms with E-state index in [0.717, 1.165) is 22.0 Å². The maximum absolute atomic E-state index is 8.49. The number of hydrogen-bond donors (Lipinski definition) is 0. The zero-order valence-electron chi connectivity index (χ0n) is 7.33. The molecule has 70 valence electrons. The molecule has 1 aromatic carbocycles. The Morgan fingerprint density at radius 1 is 1.50 bits per heavy atom. The number of fused-ring (bicyclic) bond motifs is 1. The van der Waals surface area contributed by atoms with Gasteiger partial charge in [-0.3, -0.25) is 0 Å². The lowest BCUT2D eigenvalue weighted by Gasteiger charge is -1.91. The highest BCUT2D eigenvalue weighted by molar-refractivity contribution is 9.08. The molecule has 1 aromatic heterocycles. The molecular formula is C10H7BrN2O. The van der Waals surface area contributed by atoms with Gasteiger partial charge in [-0.15, -0.1) is 0 Å². The van der Waals surface area contributed by atoms with E-state index < -0.39 is 0 Å². The van der Waals surface area contributed by atoms with Gasteiger partial charge in [0.25, 0.3) is 0 Å². The lowest BCUT2D eigenvalue weighted by molar-refractivity contribution is 0.548. The highest BCUT2D eigenvalue weighted by atomic mass is 79.9. The van der Waals surface area contributed by atoms with Crippen molar-refractivity contribution in [2.24, 2.45) is 0 Å². The number of alkyl halides is 1. The fourth-order valence-corrected chi connectivity index (χ4v) is 1.60. The molecule has 0 amide bonds. The number of benzene rings is 1. The van der Waals surface area contributed by atoms with E-state index in [0.29, 0.717) is 5.89 Å². The van der Waals surface area contributed by atoms with Gasteiger partial charge in [-0.2, -0.15) is 5.26 Å². The smallest absolute Gasteiger partial charge is 0.209 e. The third-order valence-electron chi connectivity index (χ3n) is 1.88. The first-order chi connectivity index (χ1) is 6.83. The average molecular weight is 251 g/mol. The predicted octanol–water partition coefficient (Wildman–Crippen LogP) is 2.79. The first kappa shape index (κ1) is 9.22. The molecule has 0 aliphatic rings. The molecule has 0 aliphatic heterocycles. The van der Waals surface area contributed by atoms with Crippen LogP contribution in [0.3, 0.4) is 0 Å². The topological polar surface area (TPSA) is 49.8 Å². The first-order valence-corrected chi connectivity index (χ1v) is 5.27. The van der Waals surface area contributed by atoms with Gasteiger partial charge < -0.3 is 4.42 Å². The van der Waals surface area contributed by atoms with E-state index in [4.69, 9.17) is 9.68 Å². The van der Waals surface area contributed by atoms with Gasteiger partial charge in [-0.1, -0.05) is 22.0 Å². The lowest BCUT2D eigenvalue weighted by Crippen LogP contribution is -1.79. The van der Waals surface area contributed by atoms with Gasteiger partial charge in [0.15, 0.2) is 5.58 Å². The van der Waals surface area contributed by atoms with E-state index in [1.807, 2.05) is 24.3 Å². The van der Waals surface area contributed by atoms with Crippen LogP contribution in [0.4, 0.5) is 0 Å². The van der Waals surface area contributed by atoms with Gasteiger partial charge in [-0.05, 0) is 17.7 Å². The normalized spacial score (nSPS) is 10.3. The van der Waals surface area contributed by atoms with Crippen LogP contribution in [0.25, 0.3) is 11.1 Å². The van der Waals surface area contributed by atoms with Crippen molar-refractivity contribution in [2.75, 3.05) is 0 Å². The van der Waals surface area contributed by atoms with Crippen molar-refractivity contribution in [2.45, 2.75) is 11.8 Å². The van der Waals surface area contributed by atoms with E-state index in [1.54, 1.807) is 0 Å². The molecule has 0 saturated heterocycles. The zero-order valence-corrected chi connectivity index (χ0v) is 8.91. The molecule has 0 fully saturated rings. The second-order valence-corrected chi connectivity index (χ2v) is 3.44. The maximum atomic E-state index is 8.49. The summed E-state index contributed by atoms with van der Waals surface area (Å²) in [7, 11) is 0. The largest absolute Gasteiger partial charge is 0.440 e. The molecule has 4 heteroatoms. The Labute approximate surface area is 89.5 Å². The van der Waals surface area contributed by atoms with Crippen molar-refractivity contribution in [1.82, 2.24) is 4.98 Å². The number of nitrogens with zero attached hydrogens (tertiary/aromatic N) is 2. The van der Waals surface area contributed by atoms with Gasteiger partial charge in [0, 0.05) is 5.33 Å². The van der Waals surface area contributed by atoms with Gasteiger partial charge in [-0.25, -0.2) is 4.98 Å². The minimum atomic E-state index is 0.221. The minimum absolute atomic E-state index is 0.221. The van der Waals surface area contributed by atoms with E-state index in [1.165, 1.54) is 0 Å². The number of aromatic nitrogens is 1. The highest BCUT2D eigenvalue weighted by Gasteiger charge is 2.05. The van der Waals surface area contributed by atoms with Gasteiger partial charge in [0.05, 0.1) is 6.07 Å². The van der Waals surface area contributed by atoms with Crippen LogP contribution in [-0.4, -0.2) is 4.98 Å². The first-order valence-electron chi connectivity index (χ1n) is 4.15. The predicted molar refractivity (Wildman–Crippen MR) is 56.0 cm³/mol. The number of hydrogen-bond acceptors (Lipinski definition) is 3. The van der Waals surface area contributed by atoms with Crippen LogP contribution in [0.2, 0.25) is 0 Å². The third-order valence-corrected chi connectivity index (χ3v) is 2.53. The molecule has 0 radical (unpaired) electrons. The minimum Gasteiger partial charge on any atom is -0.440 e.